The SMILES string of the molecule is CCOc1ccc(Br)cc1C(c1ccccn1)N1CCC(C(=O)O)CC1. The van der Waals surface area contributed by atoms with E-state index in [0.29, 0.717) is 19.4 Å². The second-order valence-electron chi connectivity index (χ2n) is 6.42. The quantitative estimate of drug-likeness (QED) is 0.763. The van der Waals surface area contributed by atoms with Crippen LogP contribution in [0.1, 0.15) is 37.1 Å². The van der Waals surface area contributed by atoms with Crippen LogP contribution in [0.3, 0.4) is 0 Å². The third kappa shape index (κ3) is 4.24. The van der Waals surface area contributed by atoms with Gasteiger partial charge in [-0.2, -0.15) is 0 Å². The maximum atomic E-state index is 11.3. The first-order chi connectivity index (χ1) is 12.6. The molecule has 26 heavy (non-hydrogen) atoms. The number of hydrogen-bond donors (Lipinski definition) is 1. The summed E-state index contributed by atoms with van der Waals surface area (Å²) in [5.74, 6) is -0.118. The van der Waals surface area contributed by atoms with Crippen molar-refractivity contribution in [3.8, 4) is 5.75 Å². The summed E-state index contributed by atoms with van der Waals surface area (Å²) >= 11 is 3.57. The van der Waals surface area contributed by atoms with E-state index in [1.807, 2.05) is 37.3 Å². The topological polar surface area (TPSA) is 62.7 Å². The first-order valence-electron chi connectivity index (χ1n) is 8.90. The van der Waals surface area contributed by atoms with Gasteiger partial charge in [0.05, 0.1) is 24.3 Å². The molecule has 1 saturated heterocycles. The molecule has 3 rings (SSSR count). The van der Waals surface area contributed by atoms with Gasteiger partial charge in [0, 0.05) is 16.2 Å². The maximum absolute atomic E-state index is 11.3. The standard InChI is InChI=1S/C20H23BrN2O3/c1-2-26-18-7-6-15(21)13-16(18)19(17-5-3-4-10-22-17)23-11-8-14(9-12-23)20(24)25/h3-7,10,13-14,19H,2,8-9,11-12H2,1H3,(H,24,25). The molecule has 5 nitrogen and oxygen atoms in total. The fraction of sp³-hybridized carbons (Fsp3) is 0.400. The molecule has 1 aromatic carbocycles. The van der Waals surface area contributed by atoms with Gasteiger partial charge in [-0.05, 0) is 63.2 Å². The van der Waals surface area contributed by atoms with E-state index in [9.17, 15) is 9.90 Å². The number of aliphatic carboxylic acids is 1. The molecular formula is C20H23BrN2O3. The van der Waals surface area contributed by atoms with Crippen LogP contribution in [0.5, 0.6) is 5.75 Å². The average Bonchev–Trinajstić information content (AvgIpc) is 2.65. The molecule has 1 aliphatic rings. The molecule has 1 atom stereocenters. The van der Waals surface area contributed by atoms with Gasteiger partial charge in [-0.3, -0.25) is 14.7 Å². The van der Waals surface area contributed by atoms with E-state index in [4.69, 9.17) is 4.74 Å². The van der Waals surface area contributed by atoms with Gasteiger partial charge in [0.25, 0.3) is 0 Å². The van der Waals surface area contributed by atoms with Gasteiger partial charge in [0.2, 0.25) is 0 Å². The molecule has 0 bridgehead atoms. The fourth-order valence-corrected chi connectivity index (χ4v) is 3.88. The van der Waals surface area contributed by atoms with Crippen molar-refractivity contribution in [2.45, 2.75) is 25.8 Å². The zero-order valence-electron chi connectivity index (χ0n) is 14.8. The van der Waals surface area contributed by atoms with E-state index in [1.165, 1.54) is 0 Å². The average molecular weight is 419 g/mol. The number of pyridine rings is 1. The van der Waals surface area contributed by atoms with Crippen LogP contribution in [-0.2, 0) is 4.79 Å². The number of ether oxygens (including phenoxy) is 1. The Kier molecular flexibility index (Phi) is 6.27. The van der Waals surface area contributed by atoms with Gasteiger partial charge in [-0.25, -0.2) is 0 Å². The molecule has 138 valence electrons. The van der Waals surface area contributed by atoms with E-state index >= 15 is 0 Å². The number of rotatable bonds is 6. The molecule has 0 saturated carbocycles. The van der Waals surface area contributed by atoms with Gasteiger partial charge in [-0.15, -0.1) is 0 Å². The highest BCUT2D eigenvalue weighted by Crippen LogP contribution is 2.37. The minimum Gasteiger partial charge on any atom is -0.494 e. The molecule has 0 aliphatic carbocycles. The lowest BCUT2D eigenvalue weighted by molar-refractivity contribution is -0.143. The van der Waals surface area contributed by atoms with Crippen molar-refractivity contribution in [3.63, 3.8) is 0 Å². The zero-order chi connectivity index (χ0) is 18.5. The number of halogens is 1. The van der Waals surface area contributed by atoms with Crippen LogP contribution in [0.25, 0.3) is 0 Å². The van der Waals surface area contributed by atoms with Crippen LogP contribution in [0.2, 0.25) is 0 Å². The highest BCUT2D eigenvalue weighted by molar-refractivity contribution is 9.10. The van der Waals surface area contributed by atoms with E-state index in [0.717, 1.165) is 34.6 Å². The third-order valence-corrected chi connectivity index (χ3v) is 5.27. The molecule has 2 heterocycles. The molecular weight excluding hydrogens is 396 g/mol. The van der Waals surface area contributed by atoms with Crippen LogP contribution in [-0.4, -0.2) is 40.7 Å². The lowest BCUT2D eigenvalue weighted by Gasteiger charge is -2.37. The zero-order valence-corrected chi connectivity index (χ0v) is 16.4. The molecule has 0 amide bonds. The number of carbonyl (C=O) groups is 1. The fourth-order valence-electron chi connectivity index (χ4n) is 3.51. The molecule has 0 spiro atoms. The van der Waals surface area contributed by atoms with Crippen molar-refractivity contribution < 1.29 is 14.6 Å². The predicted molar refractivity (Wildman–Crippen MR) is 103 cm³/mol. The smallest absolute Gasteiger partial charge is 0.306 e. The molecule has 1 aliphatic heterocycles. The van der Waals surface area contributed by atoms with Gasteiger partial charge in [-0.1, -0.05) is 22.0 Å². The Balaban J connectivity index is 1.98. The highest BCUT2D eigenvalue weighted by atomic mass is 79.9. The Morgan fingerprint density at radius 3 is 2.73 bits per heavy atom. The highest BCUT2D eigenvalue weighted by Gasteiger charge is 2.32. The molecule has 1 fully saturated rings. The van der Waals surface area contributed by atoms with E-state index < -0.39 is 5.97 Å². The first kappa shape index (κ1) is 18.9. The van der Waals surface area contributed by atoms with Gasteiger partial charge >= 0.3 is 5.97 Å². The molecule has 1 aromatic heterocycles. The summed E-state index contributed by atoms with van der Waals surface area (Å²) in [7, 11) is 0. The van der Waals surface area contributed by atoms with Crippen molar-refractivity contribution in [3.05, 3.63) is 58.3 Å². The summed E-state index contributed by atoms with van der Waals surface area (Å²) in [5.41, 5.74) is 1.99. The van der Waals surface area contributed by atoms with Crippen molar-refractivity contribution in [2.24, 2.45) is 5.92 Å². The number of benzene rings is 1. The van der Waals surface area contributed by atoms with Crippen LogP contribution >= 0.6 is 15.9 Å². The molecule has 1 N–H and O–H groups in total. The molecule has 1 unspecified atom stereocenters. The summed E-state index contributed by atoms with van der Waals surface area (Å²) < 4.78 is 6.86. The van der Waals surface area contributed by atoms with Crippen molar-refractivity contribution in [1.29, 1.82) is 0 Å². The minimum absolute atomic E-state index is 0.0648. The summed E-state index contributed by atoms with van der Waals surface area (Å²) in [5, 5.41) is 9.29. The third-order valence-electron chi connectivity index (χ3n) is 4.78. The van der Waals surface area contributed by atoms with Gasteiger partial charge in [0.1, 0.15) is 5.75 Å². The Hall–Kier alpha value is -1.92. The number of nitrogens with zero attached hydrogens (tertiary/aromatic N) is 2. The molecule has 2 aromatic rings. The summed E-state index contributed by atoms with van der Waals surface area (Å²) in [6.07, 6.45) is 3.10. The van der Waals surface area contributed by atoms with Crippen molar-refractivity contribution >= 4 is 21.9 Å². The van der Waals surface area contributed by atoms with Gasteiger partial charge < -0.3 is 9.84 Å². The monoisotopic (exact) mass is 418 g/mol. The first-order valence-corrected chi connectivity index (χ1v) is 9.69. The van der Waals surface area contributed by atoms with Crippen molar-refractivity contribution in [2.75, 3.05) is 19.7 Å². The lowest BCUT2D eigenvalue weighted by Crippen LogP contribution is -2.39. The number of carboxylic acid groups (broad SMARTS) is 1. The van der Waals surface area contributed by atoms with E-state index in [1.54, 1.807) is 6.20 Å². The van der Waals surface area contributed by atoms with Crippen molar-refractivity contribution in [1.82, 2.24) is 9.88 Å². The number of likely N-dealkylation sites (tertiary alicyclic amines) is 1. The molecule has 0 radical (unpaired) electrons. The molecule has 6 heteroatoms. The maximum Gasteiger partial charge on any atom is 0.306 e. The van der Waals surface area contributed by atoms with Crippen LogP contribution in [0, 0.1) is 5.92 Å². The van der Waals surface area contributed by atoms with Gasteiger partial charge in [0.15, 0.2) is 0 Å². The number of carboxylic acids is 1. The second kappa shape index (κ2) is 8.64. The van der Waals surface area contributed by atoms with Crippen LogP contribution < -0.4 is 4.74 Å². The normalized spacial score (nSPS) is 17.0. The number of aromatic nitrogens is 1. The second-order valence-corrected chi connectivity index (χ2v) is 7.34. The number of piperidine rings is 1. The lowest BCUT2D eigenvalue weighted by atomic mass is 9.92. The van der Waals surface area contributed by atoms with E-state index in [-0.39, 0.29) is 12.0 Å². The predicted octanol–water partition coefficient (Wildman–Crippen LogP) is 4.13. The summed E-state index contributed by atoms with van der Waals surface area (Å²) in [6.45, 7) is 4.00. The minimum atomic E-state index is -0.698. The van der Waals surface area contributed by atoms with Crippen LogP contribution in [0.15, 0.2) is 47.1 Å². The number of hydrogen-bond acceptors (Lipinski definition) is 4. The largest absolute Gasteiger partial charge is 0.494 e. The van der Waals surface area contributed by atoms with E-state index in [2.05, 4.69) is 31.9 Å². The summed E-state index contributed by atoms with van der Waals surface area (Å²) in [4.78, 5) is 18.2. The van der Waals surface area contributed by atoms with Crippen LogP contribution in [0.4, 0.5) is 0 Å². The Labute approximate surface area is 162 Å². The Morgan fingerprint density at radius 1 is 1.35 bits per heavy atom. The summed E-state index contributed by atoms with van der Waals surface area (Å²) in [6, 6.07) is 11.9. The Bertz CT molecular complexity index is 746. The Morgan fingerprint density at radius 2 is 2.12 bits per heavy atom.